The van der Waals surface area contributed by atoms with E-state index in [1.807, 2.05) is 63.7 Å². The Balaban J connectivity index is 1.49. The van der Waals surface area contributed by atoms with Crippen LogP contribution in [0.4, 0.5) is 0 Å². The minimum absolute atomic E-state index is 0.0451. The first-order valence-corrected chi connectivity index (χ1v) is 14.1. The summed E-state index contributed by atoms with van der Waals surface area (Å²) in [7, 11) is 0. The summed E-state index contributed by atoms with van der Waals surface area (Å²) >= 11 is 1.60. The van der Waals surface area contributed by atoms with Crippen LogP contribution in [0.5, 0.6) is 0 Å². The molecule has 9 heteroatoms. The number of carbonyl (C=O) groups is 2. The average molecular weight is 538 g/mol. The van der Waals surface area contributed by atoms with Crippen LogP contribution >= 0.6 is 11.3 Å². The van der Waals surface area contributed by atoms with Crippen LogP contribution in [-0.4, -0.2) is 55.3 Å². The predicted octanol–water partition coefficient (Wildman–Crippen LogP) is 4.65. The molecule has 0 spiro atoms. The molecule has 0 saturated carbocycles. The summed E-state index contributed by atoms with van der Waals surface area (Å²) in [4.78, 5) is 34.2. The lowest BCUT2D eigenvalue weighted by Gasteiger charge is -2.30. The molecule has 2 aromatic heterocycles. The molecule has 4 atom stereocenters. The fourth-order valence-electron chi connectivity index (χ4n) is 4.95. The van der Waals surface area contributed by atoms with Crippen molar-refractivity contribution >= 4 is 23.2 Å². The van der Waals surface area contributed by atoms with E-state index in [9.17, 15) is 14.7 Å². The van der Waals surface area contributed by atoms with Gasteiger partial charge < -0.3 is 15.3 Å². The number of benzene rings is 1. The van der Waals surface area contributed by atoms with E-state index in [2.05, 4.69) is 36.2 Å². The van der Waals surface area contributed by atoms with E-state index in [0.717, 1.165) is 27.3 Å². The molecular weight excluding hydrogens is 498 g/mol. The molecular formula is C29H39N5O3S. The number of hydrogen-bond donors (Lipinski definition) is 2. The quantitative estimate of drug-likeness (QED) is 0.457. The zero-order valence-electron chi connectivity index (χ0n) is 23.3. The number of aliphatic hydroxyl groups is 1. The van der Waals surface area contributed by atoms with E-state index in [1.54, 1.807) is 22.2 Å². The molecule has 2 amide bonds. The molecule has 204 valence electrons. The number of β-amino-alcohol motifs (C(OH)–C–C–N with tert-alkyl or cyclic N) is 1. The van der Waals surface area contributed by atoms with Gasteiger partial charge in [-0.05, 0) is 41.9 Å². The molecule has 3 aromatic rings. The summed E-state index contributed by atoms with van der Waals surface area (Å²) in [6, 6.07) is 6.53. The normalized spacial score (nSPS) is 19.6. The van der Waals surface area contributed by atoms with Crippen LogP contribution in [0.1, 0.15) is 76.9 Å². The van der Waals surface area contributed by atoms with Gasteiger partial charge in [-0.15, -0.1) is 11.3 Å². The first kappa shape index (κ1) is 28.0. The maximum atomic E-state index is 13.8. The van der Waals surface area contributed by atoms with Gasteiger partial charge in [-0.3, -0.25) is 14.3 Å². The standard InChI is InChI=1S/C29H39N5O3S/c1-17(2)25(34-14-22(13-31-34)29(5,6)7)28(37)33-15-23(35)12-24(33)27(36)32-18(3)20-8-10-21(11-9-20)26-19(4)30-16-38-26/h8-11,13-14,16-18,23-25,35H,12,15H2,1-7H3,(H,32,36). The molecule has 38 heavy (non-hydrogen) atoms. The molecule has 0 bridgehead atoms. The Morgan fingerprint density at radius 3 is 2.39 bits per heavy atom. The topological polar surface area (TPSA) is 100 Å². The van der Waals surface area contributed by atoms with Gasteiger partial charge in [0.05, 0.1) is 34.4 Å². The predicted molar refractivity (Wildman–Crippen MR) is 150 cm³/mol. The van der Waals surface area contributed by atoms with Crippen molar-refractivity contribution in [1.82, 2.24) is 25.0 Å². The van der Waals surface area contributed by atoms with E-state index in [-0.39, 0.29) is 42.2 Å². The Labute approximate surface area is 229 Å². The average Bonchev–Trinajstić information content (AvgIpc) is 3.58. The van der Waals surface area contributed by atoms with Crippen LogP contribution < -0.4 is 5.32 Å². The number of thiazole rings is 1. The smallest absolute Gasteiger partial charge is 0.248 e. The molecule has 4 unspecified atom stereocenters. The number of aliphatic hydroxyl groups excluding tert-OH is 1. The third-order valence-corrected chi connectivity index (χ3v) is 8.26. The molecule has 1 fully saturated rings. The first-order valence-electron chi connectivity index (χ1n) is 13.2. The number of nitrogens with zero attached hydrogens (tertiary/aromatic N) is 4. The number of carbonyl (C=O) groups excluding carboxylic acids is 2. The zero-order valence-corrected chi connectivity index (χ0v) is 24.1. The Bertz CT molecular complexity index is 1270. The number of aryl methyl sites for hydroxylation is 1. The molecule has 0 radical (unpaired) electrons. The summed E-state index contributed by atoms with van der Waals surface area (Å²) in [5, 5.41) is 18.0. The number of nitrogens with one attached hydrogen (secondary N) is 1. The number of likely N-dealkylation sites (tertiary alicyclic amines) is 1. The Kier molecular flexibility index (Phi) is 8.09. The molecule has 1 aromatic carbocycles. The highest BCUT2D eigenvalue weighted by atomic mass is 32.1. The van der Waals surface area contributed by atoms with Gasteiger partial charge in [-0.25, -0.2) is 4.98 Å². The maximum absolute atomic E-state index is 13.8. The highest BCUT2D eigenvalue weighted by molar-refractivity contribution is 7.13. The van der Waals surface area contributed by atoms with Crippen molar-refractivity contribution in [2.75, 3.05) is 6.54 Å². The first-order chi connectivity index (χ1) is 17.9. The Hall–Kier alpha value is -3.04. The van der Waals surface area contributed by atoms with E-state index in [4.69, 9.17) is 0 Å². The minimum atomic E-state index is -0.748. The molecule has 3 heterocycles. The van der Waals surface area contributed by atoms with Crippen molar-refractivity contribution in [3.05, 3.63) is 59.0 Å². The number of rotatable bonds is 7. The summed E-state index contributed by atoms with van der Waals surface area (Å²) < 4.78 is 1.71. The van der Waals surface area contributed by atoms with Crippen LogP contribution in [0.15, 0.2) is 42.2 Å². The molecule has 2 N–H and O–H groups in total. The van der Waals surface area contributed by atoms with Crippen LogP contribution in [0, 0.1) is 12.8 Å². The van der Waals surface area contributed by atoms with Crippen LogP contribution in [0.2, 0.25) is 0 Å². The SMILES string of the molecule is Cc1ncsc1-c1ccc(C(C)NC(=O)C2CC(O)CN2C(=O)C(C(C)C)n2cc(C(C)(C)C)cn2)cc1. The van der Waals surface area contributed by atoms with Crippen molar-refractivity contribution in [1.29, 1.82) is 0 Å². The van der Waals surface area contributed by atoms with E-state index < -0.39 is 18.2 Å². The van der Waals surface area contributed by atoms with Gasteiger partial charge in [0, 0.05) is 19.2 Å². The van der Waals surface area contributed by atoms with Gasteiger partial charge in [-0.1, -0.05) is 58.9 Å². The lowest BCUT2D eigenvalue weighted by atomic mass is 9.90. The summed E-state index contributed by atoms with van der Waals surface area (Å²) in [5.74, 6) is -0.503. The van der Waals surface area contributed by atoms with Gasteiger partial charge in [0.15, 0.2) is 0 Å². The van der Waals surface area contributed by atoms with Crippen molar-refractivity contribution in [2.45, 2.75) is 84.5 Å². The van der Waals surface area contributed by atoms with Gasteiger partial charge >= 0.3 is 0 Å². The second kappa shape index (κ2) is 11.0. The molecule has 4 rings (SSSR count). The van der Waals surface area contributed by atoms with Crippen molar-refractivity contribution in [2.24, 2.45) is 5.92 Å². The number of hydrogen-bond acceptors (Lipinski definition) is 6. The van der Waals surface area contributed by atoms with E-state index in [1.165, 1.54) is 4.90 Å². The van der Waals surface area contributed by atoms with E-state index >= 15 is 0 Å². The molecule has 1 saturated heterocycles. The maximum Gasteiger partial charge on any atom is 0.248 e. The zero-order chi connectivity index (χ0) is 27.8. The van der Waals surface area contributed by atoms with Crippen LogP contribution in [-0.2, 0) is 15.0 Å². The molecule has 8 nitrogen and oxygen atoms in total. The molecule has 1 aliphatic rings. The monoisotopic (exact) mass is 537 g/mol. The second-order valence-electron chi connectivity index (χ2n) is 11.7. The van der Waals surface area contributed by atoms with Crippen molar-refractivity contribution < 1.29 is 14.7 Å². The highest BCUT2D eigenvalue weighted by Gasteiger charge is 2.43. The van der Waals surface area contributed by atoms with Crippen molar-refractivity contribution in [3.63, 3.8) is 0 Å². The Morgan fingerprint density at radius 2 is 1.84 bits per heavy atom. The molecule has 0 aliphatic carbocycles. The third kappa shape index (κ3) is 5.83. The van der Waals surface area contributed by atoms with Crippen LogP contribution in [0.3, 0.4) is 0 Å². The van der Waals surface area contributed by atoms with E-state index in [0.29, 0.717) is 0 Å². The third-order valence-electron chi connectivity index (χ3n) is 7.28. The number of aromatic nitrogens is 3. The van der Waals surface area contributed by atoms with Gasteiger partial charge in [0.25, 0.3) is 0 Å². The Morgan fingerprint density at radius 1 is 1.16 bits per heavy atom. The highest BCUT2D eigenvalue weighted by Crippen LogP contribution is 2.30. The fraction of sp³-hybridized carbons (Fsp3) is 0.517. The molecule has 1 aliphatic heterocycles. The van der Waals surface area contributed by atoms with Gasteiger partial charge in [0.1, 0.15) is 12.1 Å². The summed E-state index contributed by atoms with van der Waals surface area (Å²) in [6.07, 6.45) is 3.19. The summed E-state index contributed by atoms with van der Waals surface area (Å²) in [5.41, 5.74) is 5.84. The lowest BCUT2D eigenvalue weighted by molar-refractivity contribution is -0.142. The van der Waals surface area contributed by atoms with Crippen molar-refractivity contribution in [3.8, 4) is 10.4 Å². The van der Waals surface area contributed by atoms with Gasteiger partial charge in [-0.2, -0.15) is 5.10 Å². The fourth-order valence-corrected chi connectivity index (χ4v) is 5.76. The lowest BCUT2D eigenvalue weighted by Crippen LogP contribution is -2.49. The minimum Gasteiger partial charge on any atom is -0.391 e. The summed E-state index contributed by atoms with van der Waals surface area (Å²) in [6.45, 7) is 14.3. The van der Waals surface area contributed by atoms with Gasteiger partial charge in [0.2, 0.25) is 11.8 Å². The largest absolute Gasteiger partial charge is 0.391 e. The van der Waals surface area contributed by atoms with Crippen LogP contribution in [0.25, 0.3) is 10.4 Å². The second-order valence-corrected chi connectivity index (χ2v) is 12.5. The number of amides is 2.